The monoisotopic (exact) mass is 286 g/mol. The van der Waals surface area contributed by atoms with Crippen LogP contribution in [0.1, 0.15) is 64.9 Å². The smallest absolute Gasteiger partial charge is 0.244 e. The molecule has 0 aliphatic carbocycles. The highest BCUT2D eigenvalue weighted by atomic mass is 16.2. The van der Waals surface area contributed by atoms with E-state index in [4.69, 9.17) is 0 Å². The zero-order chi connectivity index (χ0) is 15.9. The molecule has 1 rings (SSSR count). The van der Waals surface area contributed by atoms with E-state index in [1.165, 1.54) is 5.56 Å². The minimum absolute atomic E-state index is 0.175. The van der Waals surface area contributed by atoms with Gasteiger partial charge in [-0.3, -0.25) is 4.79 Å². The van der Waals surface area contributed by atoms with Crippen LogP contribution in [0.15, 0.2) is 24.3 Å². The number of nitriles is 1. The summed E-state index contributed by atoms with van der Waals surface area (Å²) >= 11 is 0. The lowest BCUT2D eigenvalue weighted by molar-refractivity contribution is -0.123. The minimum atomic E-state index is -0.903. The molecule has 0 aliphatic heterocycles. The van der Waals surface area contributed by atoms with Crippen LogP contribution in [0.5, 0.6) is 0 Å². The Bertz CT molecular complexity index is 491. The van der Waals surface area contributed by atoms with E-state index in [1.54, 1.807) is 0 Å². The van der Waals surface area contributed by atoms with Gasteiger partial charge >= 0.3 is 0 Å². The van der Waals surface area contributed by atoms with E-state index in [0.29, 0.717) is 18.8 Å². The summed E-state index contributed by atoms with van der Waals surface area (Å²) in [5.74, 6) is 0.291. The Morgan fingerprint density at radius 2 is 1.71 bits per heavy atom. The lowest BCUT2D eigenvalue weighted by Crippen LogP contribution is -2.35. The van der Waals surface area contributed by atoms with Gasteiger partial charge in [0.2, 0.25) is 5.91 Å². The Hall–Kier alpha value is -1.82. The van der Waals surface area contributed by atoms with Crippen molar-refractivity contribution in [3.8, 4) is 6.07 Å². The molecule has 1 aromatic rings. The summed E-state index contributed by atoms with van der Waals surface area (Å²) < 4.78 is 0. The predicted molar refractivity (Wildman–Crippen MR) is 87.0 cm³/mol. The van der Waals surface area contributed by atoms with E-state index in [2.05, 4.69) is 25.2 Å². The van der Waals surface area contributed by atoms with Crippen molar-refractivity contribution in [2.24, 2.45) is 5.41 Å². The first-order valence-corrected chi connectivity index (χ1v) is 7.81. The van der Waals surface area contributed by atoms with Crippen LogP contribution < -0.4 is 5.32 Å². The van der Waals surface area contributed by atoms with Gasteiger partial charge in [0.05, 0.1) is 6.07 Å². The fourth-order valence-electron chi connectivity index (χ4n) is 2.57. The summed E-state index contributed by atoms with van der Waals surface area (Å²) in [6.07, 6.45) is 2.86. The van der Waals surface area contributed by atoms with Crippen molar-refractivity contribution in [3.63, 3.8) is 0 Å². The maximum atomic E-state index is 12.5. The molecule has 0 radical (unpaired) electrons. The Morgan fingerprint density at radius 1 is 1.19 bits per heavy atom. The molecule has 0 heterocycles. The lowest BCUT2D eigenvalue weighted by atomic mass is 9.79. The van der Waals surface area contributed by atoms with E-state index in [0.717, 1.165) is 18.5 Å². The predicted octanol–water partition coefficient (Wildman–Crippen LogP) is 4.86. The molecule has 0 fully saturated rings. The highest BCUT2D eigenvalue weighted by Gasteiger charge is 2.36. The van der Waals surface area contributed by atoms with Crippen LogP contribution in [-0.4, -0.2) is 5.91 Å². The molecule has 3 nitrogen and oxygen atoms in total. The SMILES string of the molecule is CCCC(C#N)(CCC)C(=O)Nc1ccc(C(C)C)cc1. The molecule has 1 aromatic carbocycles. The molecule has 0 atom stereocenters. The normalized spacial score (nSPS) is 11.2. The van der Waals surface area contributed by atoms with Crippen LogP contribution in [-0.2, 0) is 4.79 Å². The second kappa shape index (κ2) is 7.83. The minimum Gasteiger partial charge on any atom is -0.325 e. The maximum absolute atomic E-state index is 12.5. The summed E-state index contributed by atoms with van der Waals surface area (Å²) in [6, 6.07) is 10.1. The van der Waals surface area contributed by atoms with Gasteiger partial charge in [-0.15, -0.1) is 0 Å². The molecule has 0 saturated heterocycles. The number of nitrogens with zero attached hydrogens (tertiary/aromatic N) is 1. The lowest BCUT2D eigenvalue weighted by Gasteiger charge is -2.24. The molecular formula is C18H26N2O. The zero-order valence-corrected chi connectivity index (χ0v) is 13.6. The Kier molecular flexibility index (Phi) is 6.42. The van der Waals surface area contributed by atoms with E-state index in [-0.39, 0.29) is 5.91 Å². The van der Waals surface area contributed by atoms with Crippen LogP contribution >= 0.6 is 0 Å². The van der Waals surface area contributed by atoms with Gasteiger partial charge in [-0.2, -0.15) is 5.26 Å². The van der Waals surface area contributed by atoms with E-state index >= 15 is 0 Å². The molecule has 1 amide bonds. The second-order valence-electron chi connectivity index (χ2n) is 5.92. The van der Waals surface area contributed by atoms with E-state index < -0.39 is 5.41 Å². The largest absolute Gasteiger partial charge is 0.325 e. The fourth-order valence-corrected chi connectivity index (χ4v) is 2.57. The Balaban J connectivity index is 2.88. The number of amides is 1. The van der Waals surface area contributed by atoms with Crippen molar-refractivity contribution in [2.45, 2.75) is 59.3 Å². The summed E-state index contributed by atoms with van der Waals surface area (Å²) in [5, 5.41) is 12.4. The van der Waals surface area contributed by atoms with Crippen molar-refractivity contribution in [3.05, 3.63) is 29.8 Å². The Morgan fingerprint density at radius 3 is 2.10 bits per heavy atom. The number of hydrogen-bond acceptors (Lipinski definition) is 2. The zero-order valence-electron chi connectivity index (χ0n) is 13.6. The van der Waals surface area contributed by atoms with Gasteiger partial charge in [0, 0.05) is 5.69 Å². The van der Waals surface area contributed by atoms with Gasteiger partial charge in [-0.1, -0.05) is 52.7 Å². The summed E-state index contributed by atoms with van der Waals surface area (Å²) in [6.45, 7) is 8.28. The van der Waals surface area contributed by atoms with Crippen LogP contribution in [0.25, 0.3) is 0 Å². The number of carbonyl (C=O) groups excluding carboxylic acids is 1. The number of nitrogens with one attached hydrogen (secondary N) is 1. The molecule has 0 aromatic heterocycles. The molecule has 0 unspecified atom stereocenters. The average molecular weight is 286 g/mol. The molecular weight excluding hydrogens is 260 g/mol. The molecule has 114 valence electrons. The summed E-state index contributed by atoms with van der Waals surface area (Å²) in [7, 11) is 0. The van der Waals surface area contributed by atoms with Gasteiger partial charge in [0.25, 0.3) is 0 Å². The van der Waals surface area contributed by atoms with Gasteiger partial charge in [0.1, 0.15) is 5.41 Å². The molecule has 0 spiro atoms. The molecule has 21 heavy (non-hydrogen) atoms. The molecule has 3 heteroatoms. The number of hydrogen-bond donors (Lipinski definition) is 1. The number of anilines is 1. The third-order valence-corrected chi connectivity index (χ3v) is 3.84. The third kappa shape index (κ3) is 4.32. The van der Waals surface area contributed by atoms with Crippen molar-refractivity contribution in [1.29, 1.82) is 5.26 Å². The van der Waals surface area contributed by atoms with Crippen molar-refractivity contribution < 1.29 is 4.79 Å². The van der Waals surface area contributed by atoms with Crippen molar-refractivity contribution in [1.82, 2.24) is 0 Å². The Labute approximate surface area is 128 Å². The summed E-state index contributed by atoms with van der Waals surface area (Å²) in [5.41, 5.74) is 1.10. The second-order valence-corrected chi connectivity index (χ2v) is 5.92. The van der Waals surface area contributed by atoms with Gasteiger partial charge in [0.15, 0.2) is 0 Å². The van der Waals surface area contributed by atoms with Gasteiger partial charge < -0.3 is 5.32 Å². The molecule has 1 N–H and O–H groups in total. The first-order chi connectivity index (χ1) is 9.99. The van der Waals surface area contributed by atoms with Crippen molar-refractivity contribution in [2.75, 3.05) is 5.32 Å². The van der Waals surface area contributed by atoms with Crippen LogP contribution in [0, 0.1) is 16.7 Å². The average Bonchev–Trinajstić information content (AvgIpc) is 2.47. The van der Waals surface area contributed by atoms with Crippen LogP contribution in [0.2, 0.25) is 0 Å². The highest BCUT2D eigenvalue weighted by molar-refractivity contribution is 5.97. The highest BCUT2D eigenvalue weighted by Crippen LogP contribution is 2.31. The van der Waals surface area contributed by atoms with Crippen molar-refractivity contribution >= 4 is 11.6 Å². The van der Waals surface area contributed by atoms with Gasteiger partial charge in [-0.05, 0) is 36.5 Å². The topological polar surface area (TPSA) is 52.9 Å². The molecule has 0 saturated carbocycles. The van der Waals surface area contributed by atoms with E-state index in [9.17, 15) is 10.1 Å². The maximum Gasteiger partial charge on any atom is 0.244 e. The van der Waals surface area contributed by atoms with Gasteiger partial charge in [-0.25, -0.2) is 0 Å². The van der Waals surface area contributed by atoms with Crippen LogP contribution in [0.4, 0.5) is 5.69 Å². The standard InChI is InChI=1S/C18H26N2O/c1-5-11-18(13-19,12-6-2)17(21)20-16-9-7-15(8-10-16)14(3)4/h7-10,14H,5-6,11-12H2,1-4H3,(H,20,21). The quantitative estimate of drug-likeness (QED) is 0.778. The first kappa shape index (κ1) is 17.2. The summed E-state index contributed by atoms with van der Waals surface area (Å²) in [4.78, 5) is 12.5. The molecule has 0 bridgehead atoms. The fraction of sp³-hybridized carbons (Fsp3) is 0.556. The number of carbonyl (C=O) groups is 1. The first-order valence-electron chi connectivity index (χ1n) is 7.81. The van der Waals surface area contributed by atoms with E-state index in [1.807, 2.05) is 38.1 Å². The number of benzene rings is 1. The third-order valence-electron chi connectivity index (χ3n) is 3.84. The van der Waals surface area contributed by atoms with Crippen LogP contribution in [0.3, 0.4) is 0 Å². The molecule has 0 aliphatic rings. The number of rotatable bonds is 7.